The van der Waals surface area contributed by atoms with Gasteiger partial charge in [0.25, 0.3) is 0 Å². The van der Waals surface area contributed by atoms with E-state index in [9.17, 15) is 4.79 Å². The number of carbonyl (C=O) groups is 1. The van der Waals surface area contributed by atoms with Gasteiger partial charge >= 0.3 is 0 Å². The molecule has 1 saturated carbocycles. The lowest BCUT2D eigenvalue weighted by atomic mass is 10.0. The molecule has 1 heterocycles. The van der Waals surface area contributed by atoms with E-state index in [2.05, 4.69) is 10.1 Å². The van der Waals surface area contributed by atoms with Crippen LogP contribution in [0.3, 0.4) is 0 Å². The second kappa shape index (κ2) is 7.60. The van der Waals surface area contributed by atoms with Crippen LogP contribution in [0, 0.1) is 12.8 Å². The number of aromatic nitrogens is 2. The van der Waals surface area contributed by atoms with Crippen LogP contribution >= 0.6 is 0 Å². The summed E-state index contributed by atoms with van der Waals surface area (Å²) < 4.78 is 5.29. The van der Waals surface area contributed by atoms with Crippen LogP contribution in [0.2, 0.25) is 0 Å². The molecule has 1 amide bonds. The minimum Gasteiger partial charge on any atom is -0.337 e. The van der Waals surface area contributed by atoms with Gasteiger partial charge < -0.3 is 9.42 Å². The molecule has 2 aromatic rings. The van der Waals surface area contributed by atoms with Gasteiger partial charge in [0.15, 0.2) is 0 Å². The number of amides is 1. The Morgan fingerprint density at radius 2 is 1.96 bits per heavy atom. The molecule has 0 unspecified atom stereocenters. The molecule has 5 nitrogen and oxygen atoms in total. The number of carbonyl (C=O) groups excluding carboxylic acids is 1. The molecule has 1 aromatic carbocycles. The van der Waals surface area contributed by atoms with Crippen molar-refractivity contribution in [2.24, 2.45) is 5.92 Å². The number of aryl methyl sites for hydroxylation is 1. The number of rotatable bonds is 6. The van der Waals surface area contributed by atoms with E-state index in [-0.39, 0.29) is 5.91 Å². The molecular formula is C19H25N3O2. The molecule has 1 aliphatic carbocycles. The highest BCUT2D eigenvalue weighted by Gasteiger charge is 2.19. The van der Waals surface area contributed by atoms with Gasteiger partial charge in [0.2, 0.25) is 17.6 Å². The van der Waals surface area contributed by atoms with E-state index in [4.69, 9.17) is 4.52 Å². The average Bonchev–Trinajstić information content (AvgIpc) is 3.25. The van der Waals surface area contributed by atoms with Crippen LogP contribution < -0.4 is 0 Å². The smallest absolute Gasteiger partial charge is 0.246 e. The van der Waals surface area contributed by atoms with Crippen molar-refractivity contribution in [1.29, 1.82) is 0 Å². The van der Waals surface area contributed by atoms with Crippen LogP contribution in [0.25, 0.3) is 11.4 Å². The van der Waals surface area contributed by atoms with E-state index >= 15 is 0 Å². The summed E-state index contributed by atoms with van der Waals surface area (Å²) in [7, 11) is 1.80. The van der Waals surface area contributed by atoms with E-state index in [1.54, 1.807) is 11.9 Å². The van der Waals surface area contributed by atoms with E-state index < -0.39 is 0 Å². The first-order valence-corrected chi connectivity index (χ1v) is 8.75. The Labute approximate surface area is 143 Å². The number of benzene rings is 1. The van der Waals surface area contributed by atoms with E-state index in [1.165, 1.54) is 31.2 Å². The molecule has 24 heavy (non-hydrogen) atoms. The van der Waals surface area contributed by atoms with E-state index in [0.717, 1.165) is 17.9 Å². The second-order valence-corrected chi connectivity index (χ2v) is 6.82. The first kappa shape index (κ1) is 16.7. The third-order valence-electron chi connectivity index (χ3n) is 4.82. The molecule has 1 aliphatic rings. The Morgan fingerprint density at radius 1 is 1.25 bits per heavy atom. The zero-order valence-corrected chi connectivity index (χ0v) is 14.5. The predicted molar refractivity (Wildman–Crippen MR) is 92.1 cm³/mol. The van der Waals surface area contributed by atoms with Gasteiger partial charge in [0, 0.05) is 19.0 Å². The Kier molecular flexibility index (Phi) is 5.28. The van der Waals surface area contributed by atoms with Crippen LogP contribution in [0.1, 0.15) is 50.0 Å². The molecule has 128 valence electrons. The Morgan fingerprint density at radius 3 is 2.67 bits per heavy atom. The highest BCUT2D eigenvalue weighted by atomic mass is 16.5. The predicted octanol–water partition coefficient (Wildman–Crippen LogP) is 3.97. The summed E-state index contributed by atoms with van der Waals surface area (Å²) in [5.41, 5.74) is 2.11. The highest BCUT2D eigenvalue weighted by molar-refractivity contribution is 5.75. The first-order valence-electron chi connectivity index (χ1n) is 8.75. The van der Waals surface area contributed by atoms with Gasteiger partial charge in [0.1, 0.15) is 0 Å². The lowest BCUT2D eigenvalue weighted by molar-refractivity contribution is -0.131. The van der Waals surface area contributed by atoms with Gasteiger partial charge in [-0.3, -0.25) is 4.79 Å². The standard InChI is InChI=1S/C19H25N3O2/c1-14-7-10-16(11-8-14)19-20-17(24-21-19)13-22(2)18(23)12-9-15-5-3-4-6-15/h7-8,10-11,15H,3-6,9,12-13H2,1-2H3. The van der Waals surface area contributed by atoms with Crippen LogP contribution in [-0.4, -0.2) is 28.0 Å². The second-order valence-electron chi connectivity index (χ2n) is 6.82. The lowest BCUT2D eigenvalue weighted by Gasteiger charge is -2.16. The first-order chi connectivity index (χ1) is 11.6. The normalized spacial score (nSPS) is 14.9. The van der Waals surface area contributed by atoms with Crippen LogP contribution in [-0.2, 0) is 11.3 Å². The molecule has 5 heteroatoms. The summed E-state index contributed by atoms with van der Waals surface area (Å²) in [6.45, 7) is 2.40. The molecule has 0 bridgehead atoms. The third kappa shape index (κ3) is 4.22. The van der Waals surface area contributed by atoms with Crippen molar-refractivity contribution in [3.05, 3.63) is 35.7 Å². The summed E-state index contributed by atoms with van der Waals surface area (Å²) in [6.07, 6.45) is 6.81. The van der Waals surface area contributed by atoms with Crippen molar-refractivity contribution in [3.8, 4) is 11.4 Å². The summed E-state index contributed by atoms with van der Waals surface area (Å²) >= 11 is 0. The van der Waals surface area contributed by atoms with Crippen molar-refractivity contribution in [2.45, 2.75) is 52.0 Å². The topological polar surface area (TPSA) is 59.2 Å². The van der Waals surface area contributed by atoms with Gasteiger partial charge in [-0.25, -0.2) is 0 Å². The summed E-state index contributed by atoms with van der Waals surface area (Å²) in [5, 5.41) is 4.01. The minimum atomic E-state index is 0.150. The van der Waals surface area contributed by atoms with Crippen molar-refractivity contribution in [3.63, 3.8) is 0 Å². The SMILES string of the molecule is Cc1ccc(-c2noc(CN(C)C(=O)CCC3CCCC3)n2)cc1. The summed E-state index contributed by atoms with van der Waals surface area (Å²) in [5.74, 6) is 1.93. The van der Waals surface area contributed by atoms with Crippen molar-refractivity contribution in [2.75, 3.05) is 7.05 Å². The summed E-state index contributed by atoms with van der Waals surface area (Å²) in [4.78, 5) is 18.3. The molecule has 0 spiro atoms. The lowest BCUT2D eigenvalue weighted by Crippen LogP contribution is -2.26. The van der Waals surface area contributed by atoms with E-state index in [1.807, 2.05) is 31.2 Å². The highest BCUT2D eigenvalue weighted by Crippen LogP contribution is 2.28. The van der Waals surface area contributed by atoms with Crippen molar-refractivity contribution in [1.82, 2.24) is 15.0 Å². The number of hydrogen-bond donors (Lipinski definition) is 0. The molecular weight excluding hydrogens is 302 g/mol. The molecule has 0 saturated heterocycles. The van der Waals surface area contributed by atoms with Crippen LogP contribution in [0.4, 0.5) is 0 Å². The van der Waals surface area contributed by atoms with Gasteiger partial charge in [-0.05, 0) is 19.3 Å². The van der Waals surface area contributed by atoms with Crippen molar-refractivity contribution >= 4 is 5.91 Å². The van der Waals surface area contributed by atoms with Gasteiger partial charge in [0.05, 0.1) is 6.54 Å². The Hall–Kier alpha value is -2.17. The Bertz CT molecular complexity index is 672. The average molecular weight is 327 g/mol. The molecule has 0 radical (unpaired) electrons. The third-order valence-corrected chi connectivity index (χ3v) is 4.82. The fourth-order valence-electron chi connectivity index (χ4n) is 3.25. The molecule has 0 N–H and O–H groups in total. The van der Waals surface area contributed by atoms with Gasteiger partial charge in [-0.2, -0.15) is 4.98 Å². The minimum absolute atomic E-state index is 0.150. The maximum absolute atomic E-state index is 12.3. The molecule has 0 aliphatic heterocycles. The Balaban J connectivity index is 1.53. The van der Waals surface area contributed by atoms with Crippen LogP contribution in [0.5, 0.6) is 0 Å². The molecule has 1 fully saturated rings. The zero-order valence-electron chi connectivity index (χ0n) is 14.5. The fraction of sp³-hybridized carbons (Fsp3) is 0.526. The van der Waals surface area contributed by atoms with Gasteiger partial charge in [-0.1, -0.05) is 60.7 Å². The number of hydrogen-bond acceptors (Lipinski definition) is 4. The molecule has 1 aromatic heterocycles. The molecule has 0 atom stereocenters. The number of nitrogens with zero attached hydrogens (tertiary/aromatic N) is 3. The molecule has 3 rings (SSSR count). The summed E-state index contributed by atoms with van der Waals surface area (Å²) in [6, 6.07) is 7.98. The maximum Gasteiger partial charge on any atom is 0.246 e. The fourth-order valence-corrected chi connectivity index (χ4v) is 3.25. The van der Waals surface area contributed by atoms with Crippen molar-refractivity contribution < 1.29 is 9.32 Å². The zero-order chi connectivity index (χ0) is 16.9. The van der Waals surface area contributed by atoms with E-state index in [0.29, 0.717) is 24.7 Å². The van der Waals surface area contributed by atoms with Gasteiger partial charge in [-0.15, -0.1) is 0 Å². The maximum atomic E-state index is 12.3. The quantitative estimate of drug-likeness (QED) is 0.805. The monoisotopic (exact) mass is 327 g/mol. The van der Waals surface area contributed by atoms with Crippen LogP contribution in [0.15, 0.2) is 28.8 Å². The largest absolute Gasteiger partial charge is 0.337 e.